The summed E-state index contributed by atoms with van der Waals surface area (Å²) >= 11 is 2.27. The van der Waals surface area contributed by atoms with Crippen molar-refractivity contribution in [3.8, 4) is 0 Å². The molecular formula is C10H20IO5P. The summed E-state index contributed by atoms with van der Waals surface area (Å²) in [6, 6.07) is 0. The lowest BCUT2D eigenvalue weighted by Gasteiger charge is -2.26. The van der Waals surface area contributed by atoms with Gasteiger partial charge in [-0.15, -0.1) is 0 Å². The number of phosphoric acid groups is 1. The van der Waals surface area contributed by atoms with Gasteiger partial charge in [0, 0.05) is 14.2 Å². The van der Waals surface area contributed by atoms with Gasteiger partial charge in [-0.3, -0.25) is 13.6 Å². The van der Waals surface area contributed by atoms with Crippen LogP contribution in [0.4, 0.5) is 0 Å². The van der Waals surface area contributed by atoms with Crippen molar-refractivity contribution in [2.45, 2.75) is 43.0 Å². The van der Waals surface area contributed by atoms with E-state index in [1.165, 1.54) is 14.2 Å². The third kappa shape index (κ3) is 4.14. The lowest BCUT2D eigenvalue weighted by atomic mass is 9.95. The molecule has 1 unspecified atom stereocenters. The van der Waals surface area contributed by atoms with Gasteiger partial charge < -0.3 is 4.74 Å². The number of hydrogen-bond acceptors (Lipinski definition) is 5. The highest BCUT2D eigenvalue weighted by Gasteiger charge is 2.40. The normalized spacial score (nSPS) is 31.7. The number of hydrogen-bond donors (Lipinski definition) is 0. The van der Waals surface area contributed by atoms with Crippen molar-refractivity contribution in [1.29, 1.82) is 0 Å². The van der Waals surface area contributed by atoms with Gasteiger partial charge in [0.05, 0.1) is 12.2 Å². The summed E-state index contributed by atoms with van der Waals surface area (Å²) in [6.45, 7) is 3.96. The molecule has 0 aromatic rings. The van der Waals surface area contributed by atoms with Gasteiger partial charge in [0.15, 0.2) is 0 Å². The van der Waals surface area contributed by atoms with Crippen LogP contribution in [0, 0.1) is 5.92 Å². The number of rotatable bonds is 6. The van der Waals surface area contributed by atoms with E-state index in [4.69, 9.17) is 18.3 Å². The molecule has 1 fully saturated rings. The van der Waals surface area contributed by atoms with Crippen LogP contribution in [0.1, 0.15) is 26.7 Å². The number of phosphoric ester groups is 1. The van der Waals surface area contributed by atoms with E-state index < -0.39 is 7.82 Å². The van der Waals surface area contributed by atoms with Gasteiger partial charge >= 0.3 is 7.82 Å². The van der Waals surface area contributed by atoms with Crippen LogP contribution >= 0.6 is 30.4 Å². The molecule has 0 radical (unpaired) electrons. The molecule has 0 bridgehead atoms. The quantitative estimate of drug-likeness (QED) is 0.403. The lowest BCUT2D eigenvalue weighted by molar-refractivity contribution is -0.0186. The number of halogens is 1. The molecule has 0 aromatic carbocycles. The van der Waals surface area contributed by atoms with Gasteiger partial charge in [-0.2, -0.15) is 0 Å². The maximum absolute atomic E-state index is 11.9. The fourth-order valence-corrected chi connectivity index (χ4v) is 3.87. The molecule has 0 amide bonds. The van der Waals surface area contributed by atoms with Crippen LogP contribution in [0.25, 0.3) is 0 Å². The van der Waals surface area contributed by atoms with Crippen molar-refractivity contribution in [3.05, 3.63) is 0 Å². The Morgan fingerprint density at radius 2 is 2.06 bits per heavy atom. The SMILES string of the molecule is CCC1C[C@H](I)O[C@@H]1[C@@H](C)OP(=O)(OC)OC. The minimum Gasteiger partial charge on any atom is -0.362 e. The van der Waals surface area contributed by atoms with Crippen molar-refractivity contribution in [2.24, 2.45) is 5.92 Å². The maximum Gasteiger partial charge on any atom is 0.474 e. The summed E-state index contributed by atoms with van der Waals surface area (Å²) in [4.78, 5) is 0. The third-order valence-electron chi connectivity index (χ3n) is 2.99. The Hall–Kier alpha value is 0.800. The summed E-state index contributed by atoms with van der Waals surface area (Å²) in [7, 11) is -0.808. The second kappa shape index (κ2) is 6.82. The zero-order valence-corrected chi connectivity index (χ0v) is 13.6. The number of ether oxygens (including phenoxy) is 1. The highest BCUT2D eigenvalue weighted by atomic mass is 127. The van der Waals surface area contributed by atoms with Crippen LogP contribution in [-0.2, 0) is 22.9 Å². The molecule has 0 aromatic heterocycles. The molecule has 102 valence electrons. The van der Waals surface area contributed by atoms with E-state index in [1.54, 1.807) is 0 Å². The van der Waals surface area contributed by atoms with Gasteiger partial charge in [0.25, 0.3) is 0 Å². The summed E-state index contributed by atoms with van der Waals surface area (Å²) in [5, 5.41) is 0. The van der Waals surface area contributed by atoms with E-state index in [2.05, 4.69) is 29.5 Å². The summed E-state index contributed by atoms with van der Waals surface area (Å²) in [5.41, 5.74) is 0. The molecule has 0 N–H and O–H groups in total. The van der Waals surface area contributed by atoms with E-state index in [1.807, 2.05) is 6.92 Å². The van der Waals surface area contributed by atoms with Gasteiger partial charge in [-0.1, -0.05) is 35.9 Å². The molecule has 7 heteroatoms. The van der Waals surface area contributed by atoms with Crippen LogP contribution in [-0.4, -0.2) is 30.5 Å². The zero-order chi connectivity index (χ0) is 13.1. The maximum atomic E-state index is 11.9. The van der Waals surface area contributed by atoms with E-state index in [-0.39, 0.29) is 16.3 Å². The van der Waals surface area contributed by atoms with Crippen molar-refractivity contribution in [3.63, 3.8) is 0 Å². The highest BCUT2D eigenvalue weighted by molar-refractivity contribution is 14.1. The largest absolute Gasteiger partial charge is 0.474 e. The molecule has 1 rings (SSSR count). The summed E-state index contributed by atoms with van der Waals surface area (Å²) < 4.78 is 32.8. The fraction of sp³-hybridized carbons (Fsp3) is 1.00. The third-order valence-corrected chi connectivity index (χ3v) is 5.27. The standard InChI is InChI=1S/C10H20IO5P/c1-5-8-6-9(11)15-10(8)7(2)16-17(12,13-3)14-4/h7-10H,5-6H2,1-4H3/t7-,8?,9-,10-/m1/s1. The predicted octanol–water partition coefficient (Wildman–Crippen LogP) is 3.37. The monoisotopic (exact) mass is 378 g/mol. The van der Waals surface area contributed by atoms with E-state index in [0.717, 1.165) is 12.8 Å². The minimum atomic E-state index is -3.43. The molecule has 0 saturated carbocycles. The second-order valence-corrected chi connectivity index (χ2v) is 7.26. The smallest absolute Gasteiger partial charge is 0.362 e. The molecule has 0 spiro atoms. The molecule has 1 aliphatic heterocycles. The molecule has 0 aliphatic carbocycles. The molecule has 17 heavy (non-hydrogen) atoms. The van der Waals surface area contributed by atoms with Crippen molar-refractivity contribution in [1.82, 2.24) is 0 Å². The molecular weight excluding hydrogens is 358 g/mol. The molecule has 4 atom stereocenters. The molecule has 1 saturated heterocycles. The van der Waals surface area contributed by atoms with Crippen LogP contribution in [0.3, 0.4) is 0 Å². The second-order valence-electron chi connectivity index (χ2n) is 4.04. The highest BCUT2D eigenvalue weighted by Crippen LogP contribution is 2.50. The molecule has 5 nitrogen and oxygen atoms in total. The summed E-state index contributed by atoms with van der Waals surface area (Å²) in [6.07, 6.45) is 1.65. The Labute approximate surface area is 116 Å². The topological polar surface area (TPSA) is 54.0 Å². The van der Waals surface area contributed by atoms with Crippen LogP contribution < -0.4 is 0 Å². The van der Waals surface area contributed by atoms with Crippen LogP contribution in [0.5, 0.6) is 0 Å². The van der Waals surface area contributed by atoms with Gasteiger partial charge in [-0.05, 0) is 19.3 Å². The Bertz CT molecular complexity index is 280. The fourth-order valence-electron chi connectivity index (χ4n) is 2.03. The molecule has 1 heterocycles. The first-order chi connectivity index (χ1) is 7.95. The Balaban J connectivity index is 2.63. The van der Waals surface area contributed by atoms with Crippen molar-refractivity contribution >= 4 is 30.4 Å². The van der Waals surface area contributed by atoms with Crippen LogP contribution in [0.15, 0.2) is 0 Å². The minimum absolute atomic E-state index is 0.0551. The Morgan fingerprint density at radius 3 is 2.53 bits per heavy atom. The van der Waals surface area contributed by atoms with Crippen molar-refractivity contribution < 1.29 is 22.9 Å². The number of alkyl halides is 1. The van der Waals surface area contributed by atoms with E-state index in [0.29, 0.717) is 5.92 Å². The lowest BCUT2D eigenvalue weighted by Crippen LogP contribution is -2.30. The van der Waals surface area contributed by atoms with Gasteiger partial charge in [-0.25, -0.2) is 4.57 Å². The van der Waals surface area contributed by atoms with E-state index in [9.17, 15) is 4.57 Å². The summed E-state index contributed by atoms with van der Waals surface area (Å²) in [5.74, 6) is 0.425. The Morgan fingerprint density at radius 1 is 1.47 bits per heavy atom. The average Bonchev–Trinajstić information content (AvgIpc) is 2.70. The average molecular weight is 378 g/mol. The first-order valence-electron chi connectivity index (χ1n) is 5.65. The zero-order valence-electron chi connectivity index (χ0n) is 10.6. The first kappa shape index (κ1) is 15.9. The van der Waals surface area contributed by atoms with Crippen LogP contribution in [0.2, 0.25) is 0 Å². The Kier molecular flexibility index (Phi) is 6.36. The predicted molar refractivity (Wildman–Crippen MR) is 73.3 cm³/mol. The first-order valence-corrected chi connectivity index (χ1v) is 8.35. The van der Waals surface area contributed by atoms with Gasteiger partial charge in [0.1, 0.15) is 4.11 Å². The van der Waals surface area contributed by atoms with Gasteiger partial charge in [0.2, 0.25) is 0 Å². The van der Waals surface area contributed by atoms with E-state index >= 15 is 0 Å². The van der Waals surface area contributed by atoms with Crippen molar-refractivity contribution in [2.75, 3.05) is 14.2 Å². The molecule has 1 aliphatic rings.